The van der Waals surface area contributed by atoms with Gasteiger partial charge in [-0.1, -0.05) is 42.9 Å². The van der Waals surface area contributed by atoms with E-state index in [1.54, 1.807) is 31.3 Å². The molecule has 0 atom stereocenters. The van der Waals surface area contributed by atoms with Gasteiger partial charge >= 0.3 is 0 Å². The zero-order valence-electron chi connectivity index (χ0n) is 16.7. The average molecular weight is 447 g/mol. The van der Waals surface area contributed by atoms with E-state index < -0.39 is 0 Å². The molecular formula is C18H22N8O2S2. The lowest BCUT2D eigenvalue weighted by molar-refractivity contribution is -0.113. The average Bonchev–Trinajstić information content (AvgIpc) is 3.35. The maximum Gasteiger partial charge on any atom is 0.257 e. The minimum Gasteiger partial charge on any atom is -0.325 e. The van der Waals surface area contributed by atoms with Crippen LogP contribution in [-0.4, -0.2) is 48.0 Å². The Labute approximate surface area is 181 Å². The number of thioether (sulfide) groups is 1. The van der Waals surface area contributed by atoms with Gasteiger partial charge < -0.3 is 5.32 Å². The van der Waals surface area contributed by atoms with Crippen molar-refractivity contribution in [2.75, 3.05) is 16.4 Å². The Hall–Kier alpha value is -2.86. The molecule has 0 radical (unpaired) electrons. The number of aromatic nitrogens is 6. The molecule has 0 fully saturated rings. The molecular weight excluding hydrogens is 424 g/mol. The van der Waals surface area contributed by atoms with Crippen molar-refractivity contribution in [3.63, 3.8) is 0 Å². The van der Waals surface area contributed by atoms with Crippen molar-refractivity contribution in [2.45, 2.75) is 37.8 Å². The zero-order chi connectivity index (χ0) is 21.3. The van der Waals surface area contributed by atoms with Gasteiger partial charge in [0, 0.05) is 24.7 Å². The van der Waals surface area contributed by atoms with E-state index in [-0.39, 0.29) is 17.6 Å². The summed E-state index contributed by atoms with van der Waals surface area (Å²) < 4.78 is 1.50. The number of carbonyl (C=O) groups is 2. The third-order valence-electron chi connectivity index (χ3n) is 4.03. The minimum atomic E-state index is -0.269. The van der Waals surface area contributed by atoms with Crippen molar-refractivity contribution in [3.8, 4) is 0 Å². The quantitative estimate of drug-likeness (QED) is 0.359. The molecule has 0 spiro atoms. The van der Waals surface area contributed by atoms with Crippen LogP contribution in [0.1, 0.15) is 41.6 Å². The SMILES string of the molecule is CCCCCc1nnc(NC(=O)c2ccc(NC(=O)CSc3nnnn3C)cc2)s1. The number of amides is 2. The van der Waals surface area contributed by atoms with Gasteiger partial charge in [-0.05, 0) is 41.1 Å². The zero-order valence-corrected chi connectivity index (χ0v) is 18.3. The van der Waals surface area contributed by atoms with E-state index in [2.05, 4.69) is 43.3 Å². The molecule has 12 heteroatoms. The maximum absolute atomic E-state index is 12.4. The van der Waals surface area contributed by atoms with Crippen molar-refractivity contribution >= 4 is 45.7 Å². The number of unbranched alkanes of at least 4 members (excludes halogenated alkanes) is 2. The van der Waals surface area contributed by atoms with Gasteiger partial charge in [0.1, 0.15) is 5.01 Å². The molecule has 3 rings (SSSR count). The Morgan fingerprint density at radius 1 is 1.10 bits per heavy atom. The number of hydrogen-bond acceptors (Lipinski definition) is 9. The van der Waals surface area contributed by atoms with Crippen molar-refractivity contribution in [1.29, 1.82) is 0 Å². The summed E-state index contributed by atoms with van der Waals surface area (Å²) >= 11 is 2.63. The Morgan fingerprint density at radius 2 is 1.90 bits per heavy atom. The van der Waals surface area contributed by atoms with Gasteiger partial charge in [-0.2, -0.15) is 0 Å². The molecule has 10 nitrogen and oxygen atoms in total. The molecule has 3 aromatic rings. The van der Waals surface area contributed by atoms with Gasteiger partial charge in [0.05, 0.1) is 5.75 Å². The summed E-state index contributed by atoms with van der Waals surface area (Å²) in [6.07, 6.45) is 4.25. The van der Waals surface area contributed by atoms with Crippen LogP contribution in [0.25, 0.3) is 0 Å². The molecule has 158 valence electrons. The molecule has 0 saturated heterocycles. The van der Waals surface area contributed by atoms with Crippen molar-refractivity contribution in [1.82, 2.24) is 30.4 Å². The van der Waals surface area contributed by atoms with Crippen LogP contribution < -0.4 is 10.6 Å². The van der Waals surface area contributed by atoms with E-state index in [1.807, 2.05) is 0 Å². The number of carbonyl (C=O) groups excluding carboxylic acids is 2. The molecule has 30 heavy (non-hydrogen) atoms. The summed E-state index contributed by atoms with van der Waals surface area (Å²) in [6.45, 7) is 2.15. The van der Waals surface area contributed by atoms with Crippen LogP contribution in [0.5, 0.6) is 0 Å². The highest BCUT2D eigenvalue weighted by Crippen LogP contribution is 2.19. The lowest BCUT2D eigenvalue weighted by atomic mass is 10.2. The number of tetrazole rings is 1. The van der Waals surface area contributed by atoms with Crippen LogP contribution in [0.3, 0.4) is 0 Å². The smallest absolute Gasteiger partial charge is 0.257 e. The van der Waals surface area contributed by atoms with E-state index in [9.17, 15) is 9.59 Å². The third-order valence-corrected chi connectivity index (χ3v) is 5.94. The summed E-state index contributed by atoms with van der Waals surface area (Å²) in [6, 6.07) is 6.65. The van der Waals surface area contributed by atoms with Crippen LogP contribution in [0.2, 0.25) is 0 Å². The number of anilines is 2. The predicted octanol–water partition coefficient (Wildman–Crippen LogP) is 2.78. The van der Waals surface area contributed by atoms with Crippen LogP contribution in [-0.2, 0) is 18.3 Å². The monoisotopic (exact) mass is 446 g/mol. The summed E-state index contributed by atoms with van der Waals surface area (Å²) in [5, 5.41) is 26.7. The maximum atomic E-state index is 12.4. The molecule has 0 aliphatic rings. The van der Waals surface area contributed by atoms with Crippen LogP contribution in [0.4, 0.5) is 10.8 Å². The van der Waals surface area contributed by atoms with Crippen molar-refractivity contribution in [2.24, 2.45) is 7.05 Å². The molecule has 0 bridgehead atoms. The molecule has 1 aromatic carbocycles. The predicted molar refractivity (Wildman–Crippen MR) is 116 cm³/mol. The van der Waals surface area contributed by atoms with Crippen LogP contribution >= 0.6 is 23.1 Å². The van der Waals surface area contributed by atoms with Gasteiger partial charge in [0.2, 0.25) is 16.2 Å². The summed E-state index contributed by atoms with van der Waals surface area (Å²) in [5.74, 6) is -0.284. The molecule has 0 saturated carbocycles. The van der Waals surface area contributed by atoms with Crippen LogP contribution in [0, 0.1) is 0 Å². The van der Waals surface area contributed by atoms with E-state index in [4.69, 9.17) is 0 Å². The van der Waals surface area contributed by atoms with Gasteiger partial charge in [-0.15, -0.1) is 15.3 Å². The lowest BCUT2D eigenvalue weighted by Crippen LogP contribution is -2.15. The second-order valence-electron chi connectivity index (χ2n) is 6.41. The highest BCUT2D eigenvalue weighted by atomic mass is 32.2. The van der Waals surface area contributed by atoms with Gasteiger partial charge in [0.25, 0.3) is 5.91 Å². The van der Waals surface area contributed by atoms with E-state index >= 15 is 0 Å². The first-order valence-corrected chi connectivity index (χ1v) is 11.2. The number of aryl methyl sites for hydroxylation is 2. The first kappa shape index (κ1) is 21.8. The fourth-order valence-corrected chi connectivity index (χ4v) is 3.90. The normalized spacial score (nSPS) is 10.7. The second kappa shape index (κ2) is 10.8. The Kier molecular flexibility index (Phi) is 7.85. The number of nitrogens with one attached hydrogen (secondary N) is 2. The standard InChI is InChI=1S/C18H22N8O2S2/c1-3-4-5-6-15-21-22-17(30-15)20-16(28)12-7-9-13(10-8-12)19-14(27)11-29-18-23-24-25-26(18)2/h7-10H,3-6,11H2,1-2H3,(H,19,27)(H,20,22,28). The van der Waals surface area contributed by atoms with Gasteiger partial charge in [-0.3, -0.25) is 14.9 Å². The summed E-state index contributed by atoms with van der Waals surface area (Å²) in [5.41, 5.74) is 1.07. The van der Waals surface area contributed by atoms with Gasteiger partial charge in [-0.25, -0.2) is 4.68 Å². The van der Waals surface area contributed by atoms with E-state index in [1.165, 1.54) is 27.8 Å². The molecule has 0 unspecified atom stereocenters. The van der Waals surface area contributed by atoms with Crippen molar-refractivity contribution in [3.05, 3.63) is 34.8 Å². The number of hydrogen-bond donors (Lipinski definition) is 2. The number of benzene rings is 1. The fraction of sp³-hybridized carbons (Fsp3) is 0.389. The van der Waals surface area contributed by atoms with Crippen LogP contribution in [0.15, 0.2) is 29.4 Å². The first-order valence-electron chi connectivity index (χ1n) is 9.44. The number of nitrogens with zero attached hydrogens (tertiary/aromatic N) is 6. The van der Waals surface area contributed by atoms with Gasteiger partial charge in [0.15, 0.2) is 0 Å². The van der Waals surface area contributed by atoms with Crippen molar-refractivity contribution < 1.29 is 9.59 Å². The molecule has 2 N–H and O–H groups in total. The Balaban J connectivity index is 1.48. The van der Waals surface area contributed by atoms with E-state index in [0.717, 1.165) is 30.7 Å². The summed E-state index contributed by atoms with van der Waals surface area (Å²) in [7, 11) is 1.71. The molecule has 0 aliphatic carbocycles. The first-order chi connectivity index (χ1) is 14.5. The largest absolute Gasteiger partial charge is 0.325 e. The molecule has 2 heterocycles. The Bertz CT molecular complexity index is 986. The fourth-order valence-electron chi connectivity index (χ4n) is 2.48. The number of rotatable bonds is 10. The Morgan fingerprint density at radius 3 is 2.60 bits per heavy atom. The van der Waals surface area contributed by atoms with E-state index in [0.29, 0.717) is 21.5 Å². The minimum absolute atomic E-state index is 0.175. The lowest BCUT2D eigenvalue weighted by Gasteiger charge is -2.06. The highest BCUT2D eigenvalue weighted by Gasteiger charge is 2.12. The molecule has 2 aromatic heterocycles. The highest BCUT2D eigenvalue weighted by molar-refractivity contribution is 7.99. The second-order valence-corrected chi connectivity index (χ2v) is 8.42. The molecule has 2 amide bonds. The summed E-state index contributed by atoms with van der Waals surface area (Å²) in [4.78, 5) is 24.5. The topological polar surface area (TPSA) is 128 Å². The molecule has 0 aliphatic heterocycles. The third kappa shape index (κ3) is 6.32.